The van der Waals surface area contributed by atoms with E-state index in [1.807, 2.05) is 24.3 Å². The zero-order valence-corrected chi connectivity index (χ0v) is 17.7. The quantitative estimate of drug-likeness (QED) is 0.215. The summed E-state index contributed by atoms with van der Waals surface area (Å²) in [5.74, 6) is 0. The van der Waals surface area contributed by atoms with Gasteiger partial charge < -0.3 is 4.90 Å². The number of aryl methyl sites for hydroxylation is 1. The Hall–Kier alpha value is -4.17. The van der Waals surface area contributed by atoms with Crippen molar-refractivity contribution in [3.63, 3.8) is 0 Å². The molecule has 0 radical (unpaired) electrons. The molecule has 0 saturated carbocycles. The number of anilines is 3. The van der Waals surface area contributed by atoms with Crippen molar-refractivity contribution in [3.05, 3.63) is 114 Å². The van der Waals surface area contributed by atoms with Gasteiger partial charge in [0.2, 0.25) is 0 Å². The van der Waals surface area contributed by atoms with Crippen molar-refractivity contribution < 1.29 is 4.79 Å². The van der Waals surface area contributed by atoms with Crippen LogP contribution in [0.4, 0.5) is 17.1 Å². The van der Waals surface area contributed by atoms with Crippen LogP contribution >= 0.6 is 0 Å². The first-order valence-electron chi connectivity index (χ1n) is 10.8. The maximum Gasteiger partial charge on any atom is 0.150 e. The van der Waals surface area contributed by atoms with Crippen molar-refractivity contribution in [2.75, 3.05) is 4.90 Å². The second kappa shape index (κ2) is 7.21. The fraction of sp³-hybridized carbons (Fsp3) is 0.0333. The second-order valence-corrected chi connectivity index (χ2v) is 8.32. The molecule has 0 spiro atoms. The van der Waals surface area contributed by atoms with E-state index < -0.39 is 0 Å². The summed E-state index contributed by atoms with van der Waals surface area (Å²) in [6.45, 7) is 2.10. The number of carbonyl (C=O) groups is 1. The lowest BCUT2D eigenvalue weighted by atomic mass is 9.93. The van der Waals surface area contributed by atoms with E-state index in [1.165, 1.54) is 37.9 Å². The first-order valence-corrected chi connectivity index (χ1v) is 10.8. The van der Waals surface area contributed by atoms with Gasteiger partial charge in [0, 0.05) is 22.3 Å². The van der Waals surface area contributed by atoms with E-state index in [4.69, 9.17) is 0 Å². The number of aldehydes is 1. The largest absolute Gasteiger partial charge is 0.310 e. The average Bonchev–Trinajstić information content (AvgIpc) is 2.85. The Balaban J connectivity index is 1.67. The molecule has 6 aromatic rings. The highest BCUT2D eigenvalue weighted by molar-refractivity contribution is 6.25. The second-order valence-electron chi connectivity index (χ2n) is 8.32. The molecule has 0 amide bonds. The Bertz CT molecular complexity index is 1560. The number of nitrogens with zero attached hydrogens (tertiary/aromatic N) is 1. The maximum atomic E-state index is 11.2. The molecule has 0 bridgehead atoms. The molecule has 2 nitrogen and oxygen atoms in total. The van der Waals surface area contributed by atoms with Gasteiger partial charge in [-0.1, -0.05) is 66.2 Å². The van der Waals surface area contributed by atoms with Gasteiger partial charge in [0.05, 0.1) is 5.69 Å². The summed E-state index contributed by atoms with van der Waals surface area (Å²) in [6, 6.07) is 36.1. The van der Waals surface area contributed by atoms with Gasteiger partial charge in [-0.15, -0.1) is 0 Å². The molecule has 32 heavy (non-hydrogen) atoms. The van der Waals surface area contributed by atoms with Crippen LogP contribution in [-0.2, 0) is 0 Å². The Morgan fingerprint density at radius 1 is 0.594 bits per heavy atom. The van der Waals surface area contributed by atoms with Crippen LogP contribution in [-0.4, -0.2) is 6.29 Å². The third-order valence-corrected chi connectivity index (χ3v) is 6.33. The van der Waals surface area contributed by atoms with Crippen LogP contribution in [0, 0.1) is 6.92 Å². The minimum atomic E-state index is 0.674. The monoisotopic (exact) mass is 411 g/mol. The zero-order valence-electron chi connectivity index (χ0n) is 17.7. The van der Waals surface area contributed by atoms with Gasteiger partial charge in [-0.3, -0.25) is 4.79 Å². The third-order valence-electron chi connectivity index (χ3n) is 6.33. The van der Waals surface area contributed by atoms with Gasteiger partial charge in [-0.2, -0.15) is 0 Å². The highest BCUT2D eigenvalue weighted by Gasteiger charge is 2.18. The van der Waals surface area contributed by atoms with Crippen molar-refractivity contribution in [2.45, 2.75) is 6.92 Å². The summed E-state index contributed by atoms with van der Waals surface area (Å²) in [6.07, 6.45) is 0.885. The molecule has 0 fully saturated rings. The SMILES string of the molecule is Cc1ccc(N(c2ccc(C=O)cc2)c2ccc3ccc4cccc5ccc2c3c45)cc1. The van der Waals surface area contributed by atoms with Gasteiger partial charge in [0.25, 0.3) is 0 Å². The van der Waals surface area contributed by atoms with Gasteiger partial charge in [0.1, 0.15) is 6.29 Å². The molecule has 0 unspecified atom stereocenters. The third kappa shape index (κ3) is 2.84. The molecule has 0 heterocycles. The molecule has 6 rings (SSSR count). The van der Waals surface area contributed by atoms with Crippen LogP contribution < -0.4 is 4.90 Å². The predicted octanol–water partition coefficient (Wildman–Crippen LogP) is 8.17. The smallest absolute Gasteiger partial charge is 0.150 e. The Kier molecular flexibility index (Phi) is 4.19. The van der Waals surface area contributed by atoms with Crippen molar-refractivity contribution in [3.8, 4) is 0 Å². The topological polar surface area (TPSA) is 20.3 Å². The van der Waals surface area contributed by atoms with Gasteiger partial charge in [0.15, 0.2) is 0 Å². The normalized spacial score (nSPS) is 11.4. The van der Waals surface area contributed by atoms with E-state index >= 15 is 0 Å². The minimum Gasteiger partial charge on any atom is -0.310 e. The summed E-state index contributed by atoms with van der Waals surface area (Å²) >= 11 is 0. The molecule has 0 atom stereocenters. The van der Waals surface area contributed by atoms with E-state index in [1.54, 1.807) is 0 Å². The Morgan fingerprint density at radius 3 is 1.81 bits per heavy atom. The molecule has 0 saturated heterocycles. The Labute approximate surface area is 186 Å². The number of hydrogen-bond donors (Lipinski definition) is 0. The average molecular weight is 412 g/mol. The predicted molar refractivity (Wildman–Crippen MR) is 135 cm³/mol. The highest BCUT2D eigenvalue weighted by atomic mass is 16.1. The van der Waals surface area contributed by atoms with Gasteiger partial charge in [-0.25, -0.2) is 0 Å². The number of benzene rings is 6. The van der Waals surface area contributed by atoms with Crippen LogP contribution in [0.3, 0.4) is 0 Å². The summed E-state index contributed by atoms with van der Waals surface area (Å²) in [7, 11) is 0. The van der Waals surface area contributed by atoms with Gasteiger partial charge in [-0.05, 0) is 76.3 Å². The number of rotatable bonds is 4. The van der Waals surface area contributed by atoms with Crippen LogP contribution in [0.2, 0.25) is 0 Å². The van der Waals surface area contributed by atoms with Crippen molar-refractivity contribution >= 4 is 55.7 Å². The molecule has 0 aromatic heterocycles. The lowest BCUT2D eigenvalue weighted by molar-refractivity contribution is 0.112. The lowest BCUT2D eigenvalue weighted by Crippen LogP contribution is -2.10. The standard InChI is InChI=1S/C30H21NO/c1-20-5-13-25(14-6-20)31(26-15-7-21(19-32)8-16-26)28-18-12-24-10-9-22-3-2-4-23-11-17-27(28)30(24)29(22)23/h2-19H,1H3. The van der Waals surface area contributed by atoms with Crippen LogP contribution in [0.5, 0.6) is 0 Å². The van der Waals surface area contributed by atoms with Crippen molar-refractivity contribution in [1.82, 2.24) is 0 Å². The van der Waals surface area contributed by atoms with E-state index in [0.717, 1.165) is 23.3 Å². The molecule has 0 aliphatic heterocycles. The summed E-state index contributed by atoms with van der Waals surface area (Å²) in [5, 5.41) is 7.58. The van der Waals surface area contributed by atoms with Crippen LogP contribution in [0.1, 0.15) is 15.9 Å². The van der Waals surface area contributed by atoms with E-state index in [0.29, 0.717) is 5.56 Å². The maximum absolute atomic E-state index is 11.2. The highest BCUT2D eigenvalue weighted by Crippen LogP contribution is 2.43. The molecule has 0 aliphatic carbocycles. The summed E-state index contributed by atoms with van der Waals surface area (Å²) < 4.78 is 0. The Morgan fingerprint density at radius 2 is 1.16 bits per heavy atom. The number of hydrogen-bond acceptors (Lipinski definition) is 2. The van der Waals surface area contributed by atoms with E-state index in [9.17, 15) is 4.79 Å². The molecule has 0 N–H and O–H groups in total. The fourth-order valence-corrected chi connectivity index (χ4v) is 4.74. The first-order chi connectivity index (χ1) is 15.7. The summed E-state index contributed by atoms with van der Waals surface area (Å²) in [5.41, 5.74) is 5.13. The number of carbonyl (C=O) groups excluding carboxylic acids is 1. The van der Waals surface area contributed by atoms with Crippen LogP contribution in [0.25, 0.3) is 32.3 Å². The van der Waals surface area contributed by atoms with E-state index in [2.05, 4.69) is 90.7 Å². The molecular weight excluding hydrogens is 390 g/mol. The molecule has 2 heteroatoms. The molecular formula is C30H21NO. The van der Waals surface area contributed by atoms with Crippen molar-refractivity contribution in [2.24, 2.45) is 0 Å². The van der Waals surface area contributed by atoms with Crippen molar-refractivity contribution in [1.29, 1.82) is 0 Å². The molecule has 0 aliphatic rings. The lowest BCUT2D eigenvalue weighted by Gasteiger charge is -2.28. The molecule has 6 aromatic carbocycles. The first kappa shape index (κ1) is 18.6. The van der Waals surface area contributed by atoms with E-state index in [-0.39, 0.29) is 0 Å². The zero-order chi connectivity index (χ0) is 21.7. The van der Waals surface area contributed by atoms with Gasteiger partial charge >= 0.3 is 0 Å². The molecule has 152 valence electrons. The minimum absolute atomic E-state index is 0.674. The summed E-state index contributed by atoms with van der Waals surface area (Å²) in [4.78, 5) is 13.5. The van der Waals surface area contributed by atoms with Crippen LogP contribution in [0.15, 0.2) is 103 Å². The fourth-order valence-electron chi connectivity index (χ4n) is 4.74.